The number of carbonyl (C=O) groups excluding carboxylic acids is 1. The van der Waals surface area contributed by atoms with Gasteiger partial charge >= 0.3 is 5.97 Å². The smallest absolute Gasteiger partial charge is 0.305 e. The summed E-state index contributed by atoms with van der Waals surface area (Å²) >= 11 is 6.26. The average molecular weight is 414 g/mol. The molecule has 7 heteroatoms. The summed E-state index contributed by atoms with van der Waals surface area (Å²) in [6.45, 7) is 4.21. The number of hydrogen-bond donors (Lipinski definition) is 1. The molecule has 0 saturated carbocycles. The van der Waals surface area contributed by atoms with Crippen LogP contribution in [0.4, 0.5) is 4.39 Å². The van der Waals surface area contributed by atoms with Gasteiger partial charge in [0.15, 0.2) is 5.15 Å². The minimum atomic E-state index is -0.289. The van der Waals surface area contributed by atoms with Crippen LogP contribution in [0, 0.1) is 5.82 Å². The van der Waals surface area contributed by atoms with E-state index in [1.807, 2.05) is 12.1 Å². The number of benzene rings is 2. The summed E-state index contributed by atoms with van der Waals surface area (Å²) in [5.41, 5.74) is 4.76. The van der Waals surface area contributed by atoms with Crippen LogP contribution >= 0.6 is 11.6 Å². The zero-order valence-electron chi connectivity index (χ0n) is 16.4. The summed E-state index contributed by atoms with van der Waals surface area (Å²) in [6.07, 6.45) is 0.818. The SMILES string of the molecule is COC(=O)CCc1c(C(C)C)n(-c2ccc(F)cc2)c2cc3c(Cl)n[nH]c3cc12. The number of halogens is 2. The second kappa shape index (κ2) is 7.52. The standard InChI is InChI=1S/C22H21ClFN3O2/c1-12(2)21-15(8-9-20(28)29-3)16-10-18-17(22(23)26-25-18)11-19(16)27(21)14-6-4-13(24)5-7-14/h4-7,10-12H,8-9H2,1-3H3,(H,25,26). The van der Waals surface area contributed by atoms with Crippen LogP contribution < -0.4 is 0 Å². The van der Waals surface area contributed by atoms with Crippen molar-refractivity contribution < 1.29 is 13.9 Å². The second-order valence-corrected chi connectivity index (χ2v) is 7.69. The summed E-state index contributed by atoms with van der Waals surface area (Å²) in [6, 6.07) is 10.4. The number of aromatic nitrogens is 3. The van der Waals surface area contributed by atoms with Gasteiger partial charge in [0.25, 0.3) is 0 Å². The van der Waals surface area contributed by atoms with E-state index in [0.717, 1.165) is 38.8 Å². The monoisotopic (exact) mass is 413 g/mol. The van der Waals surface area contributed by atoms with Gasteiger partial charge in [0.2, 0.25) is 0 Å². The molecule has 2 aromatic carbocycles. The summed E-state index contributed by atoms with van der Waals surface area (Å²) in [5.74, 6) is -0.373. The van der Waals surface area contributed by atoms with Crippen molar-refractivity contribution in [3.05, 3.63) is 58.6 Å². The van der Waals surface area contributed by atoms with Crippen LogP contribution in [0.1, 0.15) is 37.4 Å². The van der Waals surface area contributed by atoms with Gasteiger partial charge in [-0.2, -0.15) is 5.10 Å². The molecule has 0 unspecified atom stereocenters. The molecule has 0 atom stereocenters. The van der Waals surface area contributed by atoms with Gasteiger partial charge in [0.1, 0.15) is 5.82 Å². The molecule has 29 heavy (non-hydrogen) atoms. The molecule has 5 nitrogen and oxygen atoms in total. The lowest BCUT2D eigenvalue weighted by Crippen LogP contribution is -2.07. The number of carbonyl (C=O) groups is 1. The Labute approximate surface area is 172 Å². The number of aryl methyl sites for hydroxylation is 1. The van der Waals surface area contributed by atoms with E-state index in [0.29, 0.717) is 11.6 Å². The maximum Gasteiger partial charge on any atom is 0.305 e. The number of hydrogen-bond acceptors (Lipinski definition) is 3. The van der Waals surface area contributed by atoms with Crippen LogP contribution in [0.25, 0.3) is 27.5 Å². The van der Waals surface area contributed by atoms with Gasteiger partial charge in [-0.05, 0) is 54.3 Å². The number of esters is 1. The summed E-state index contributed by atoms with van der Waals surface area (Å²) < 4.78 is 20.5. The fourth-order valence-corrected chi connectivity index (χ4v) is 4.12. The number of fused-ring (bicyclic) bond motifs is 2. The van der Waals surface area contributed by atoms with Crippen LogP contribution in [0.15, 0.2) is 36.4 Å². The first-order valence-electron chi connectivity index (χ1n) is 9.44. The van der Waals surface area contributed by atoms with Crippen LogP contribution in [0.2, 0.25) is 5.15 Å². The zero-order chi connectivity index (χ0) is 20.7. The maximum absolute atomic E-state index is 13.6. The Hall–Kier alpha value is -2.86. The molecule has 0 bridgehead atoms. The largest absolute Gasteiger partial charge is 0.469 e. The third kappa shape index (κ3) is 3.38. The first-order chi connectivity index (χ1) is 13.9. The number of H-pyrrole nitrogens is 1. The van der Waals surface area contributed by atoms with Gasteiger partial charge in [-0.3, -0.25) is 9.89 Å². The van der Waals surface area contributed by atoms with Gasteiger partial charge in [-0.15, -0.1) is 0 Å². The molecule has 4 rings (SSSR count). The second-order valence-electron chi connectivity index (χ2n) is 7.34. The van der Waals surface area contributed by atoms with E-state index in [9.17, 15) is 9.18 Å². The summed E-state index contributed by atoms with van der Waals surface area (Å²) in [7, 11) is 1.39. The fraction of sp³-hybridized carbons (Fsp3) is 0.273. The molecule has 0 aliphatic rings. The molecule has 4 aromatic rings. The number of rotatable bonds is 5. The van der Waals surface area contributed by atoms with Crippen LogP contribution in [-0.4, -0.2) is 27.8 Å². The third-order valence-corrected chi connectivity index (χ3v) is 5.48. The number of nitrogens with one attached hydrogen (secondary N) is 1. The molecule has 1 N–H and O–H groups in total. The molecule has 2 aromatic heterocycles. The van der Waals surface area contributed by atoms with Crippen molar-refractivity contribution in [1.82, 2.24) is 14.8 Å². The number of aromatic amines is 1. The molecule has 2 heterocycles. The molecule has 0 saturated heterocycles. The first kappa shape index (κ1) is 19.5. The van der Waals surface area contributed by atoms with Crippen LogP contribution in [0.5, 0.6) is 0 Å². The Bertz CT molecular complexity index is 1210. The quantitative estimate of drug-likeness (QED) is 0.438. The molecule has 0 aliphatic carbocycles. The first-order valence-corrected chi connectivity index (χ1v) is 9.82. The highest BCUT2D eigenvalue weighted by Crippen LogP contribution is 2.38. The van der Waals surface area contributed by atoms with Gasteiger partial charge in [0.05, 0.1) is 18.1 Å². The fourth-order valence-electron chi connectivity index (χ4n) is 3.92. The summed E-state index contributed by atoms with van der Waals surface area (Å²) in [5, 5.41) is 9.27. The van der Waals surface area contributed by atoms with Gasteiger partial charge in [-0.25, -0.2) is 4.39 Å². The van der Waals surface area contributed by atoms with E-state index in [4.69, 9.17) is 16.3 Å². The van der Waals surface area contributed by atoms with Crippen molar-refractivity contribution in [1.29, 1.82) is 0 Å². The molecule has 0 amide bonds. The van der Waals surface area contributed by atoms with E-state index in [1.165, 1.54) is 19.2 Å². The predicted molar refractivity (Wildman–Crippen MR) is 112 cm³/mol. The van der Waals surface area contributed by atoms with Crippen LogP contribution in [-0.2, 0) is 16.0 Å². The van der Waals surface area contributed by atoms with Crippen molar-refractivity contribution in [3.8, 4) is 5.69 Å². The highest BCUT2D eigenvalue weighted by Gasteiger charge is 2.22. The lowest BCUT2D eigenvalue weighted by Gasteiger charge is -2.15. The van der Waals surface area contributed by atoms with E-state index >= 15 is 0 Å². The molecule has 0 radical (unpaired) electrons. The van der Waals surface area contributed by atoms with Gasteiger partial charge in [-0.1, -0.05) is 25.4 Å². The van der Waals surface area contributed by atoms with Crippen molar-refractivity contribution in [2.45, 2.75) is 32.6 Å². The Balaban J connectivity index is 2.05. The highest BCUT2D eigenvalue weighted by atomic mass is 35.5. The highest BCUT2D eigenvalue weighted by molar-refractivity contribution is 6.34. The molecule has 0 fully saturated rings. The summed E-state index contributed by atoms with van der Waals surface area (Å²) in [4.78, 5) is 11.8. The molecule has 0 spiro atoms. The normalized spacial score (nSPS) is 11.7. The zero-order valence-corrected chi connectivity index (χ0v) is 17.2. The van der Waals surface area contributed by atoms with E-state index in [2.05, 4.69) is 28.6 Å². The lowest BCUT2D eigenvalue weighted by molar-refractivity contribution is -0.140. The Morgan fingerprint density at radius 1 is 1.24 bits per heavy atom. The number of methoxy groups -OCH3 is 1. The van der Waals surface area contributed by atoms with Crippen molar-refractivity contribution in [3.63, 3.8) is 0 Å². The van der Waals surface area contributed by atoms with Gasteiger partial charge < -0.3 is 9.30 Å². The Morgan fingerprint density at radius 2 is 1.97 bits per heavy atom. The maximum atomic E-state index is 13.6. The van der Waals surface area contributed by atoms with Crippen molar-refractivity contribution in [2.24, 2.45) is 0 Å². The Kier molecular flexibility index (Phi) is 5.04. The minimum absolute atomic E-state index is 0.173. The topological polar surface area (TPSA) is 59.9 Å². The van der Waals surface area contributed by atoms with Gasteiger partial charge in [0, 0.05) is 28.6 Å². The average Bonchev–Trinajstić information content (AvgIpc) is 3.23. The molecule has 0 aliphatic heterocycles. The van der Waals surface area contributed by atoms with E-state index < -0.39 is 0 Å². The lowest BCUT2D eigenvalue weighted by atomic mass is 9.99. The third-order valence-electron chi connectivity index (χ3n) is 5.19. The van der Waals surface area contributed by atoms with E-state index in [-0.39, 0.29) is 24.1 Å². The molecular weight excluding hydrogens is 393 g/mol. The van der Waals surface area contributed by atoms with Crippen molar-refractivity contribution >= 4 is 39.4 Å². The molecule has 150 valence electrons. The Morgan fingerprint density at radius 3 is 2.62 bits per heavy atom. The predicted octanol–water partition coefficient (Wildman–Crippen LogP) is 5.53. The van der Waals surface area contributed by atoms with Crippen molar-refractivity contribution in [2.75, 3.05) is 7.11 Å². The minimum Gasteiger partial charge on any atom is -0.469 e. The number of nitrogens with zero attached hydrogens (tertiary/aromatic N) is 2. The van der Waals surface area contributed by atoms with E-state index in [1.54, 1.807) is 12.1 Å². The van der Waals surface area contributed by atoms with Crippen LogP contribution in [0.3, 0.4) is 0 Å². The molecular formula is C22H21ClFN3O2. The number of ether oxygens (including phenoxy) is 1.